The van der Waals surface area contributed by atoms with Crippen LogP contribution in [0.2, 0.25) is 5.02 Å². The molecule has 2 amide bonds. The van der Waals surface area contributed by atoms with Crippen LogP contribution in [0, 0.1) is 0 Å². The SMILES string of the molecule is CC(C(=O)NC1CCCCC1)N(Cc1ccc(Cl)cc1)C(=O)CN(c1ccccc1)S(=O)(=O)c1ccccc1. The second kappa shape index (κ2) is 13.1. The van der Waals surface area contributed by atoms with Gasteiger partial charge in [0.15, 0.2) is 0 Å². The Morgan fingerprint density at radius 2 is 1.49 bits per heavy atom. The van der Waals surface area contributed by atoms with Crippen molar-refractivity contribution in [2.45, 2.75) is 62.6 Å². The van der Waals surface area contributed by atoms with Crippen LogP contribution in [-0.4, -0.2) is 43.8 Å². The Balaban J connectivity index is 1.64. The number of halogens is 1. The molecule has 206 valence electrons. The highest BCUT2D eigenvalue weighted by Gasteiger charge is 2.33. The lowest BCUT2D eigenvalue weighted by atomic mass is 9.95. The van der Waals surface area contributed by atoms with Gasteiger partial charge in [-0.3, -0.25) is 13.9 Å². The fraction of sp³-hybridized carbons (Fsp3) is 0.333. The van der Waals surface area contributed by atoms with Crippen molar-refractivity contribution in [1.82, 2.24) is 10.2 Å². The number of amides is 2. The molecular formula is C30H34ClN3O4S. The third kappa shape index (κ3) is 7.40. The van der Waals surface area contributed by atoms with Gasteiger partial charge in [-0.1, -0.05) is 79.4 Å². The Morgan fingerprint density at radius 1 is 0.897 bits per heavy atom. The summed E-state index contributed by atoms with van der Waals surface area (Å²) in [5.74, 6) is -0.735. The molecule has 1 N–H and O–H groups in total. The average molecular weight is 568 g/mol. The highest BCUT2D eigenvalue weighted by atomic mass is 35.5. The summed E-state index contributed by atoms with van der Waals surface area (Å²) < 4.78 is 28.5. The molecule has 1 atom stereocenters. The number of sulfonamides is 1. The number of nitrogens with zero attached hydrogens (tertiary/aromatic N) is 2. The molecule has 1 aliphatic rings. The zero-order valence-electron chi connectivity index (χ0n) is 22.0. The smallest absolute Gasteiger partial charge is 0.264 e. The van der Waals surface area contributed by atoms with Crippen LogP contribution < -0.4 is 9.62 Å². The normalized spacial score (nSPS) is 14.8. The quantitative estimate of drug-likeness (QED) is 0.355. The van der Waals surface area contributed by atoms with E-state index in [4.69, 9.17) is 11.6 Å². The van der Waals surface area contributed by atoms with Crippen LogP contribution in [0.1, 0.15) is 44.6 Å². The molecule has 1 saturated carbocycles. The number of hydrogen-bond donors (Lipinski definition) is 1. The van der Waals surface area contributed by atoms with Crippen LogP contribution in [0.3, 0.4) is 0 Å². The molecule has 0 saturated heterocycles. The average Bonchev–Trinajstić information content (AvgIpc) is 2.96. The van der Waals surface area contributed by atoms with E-state index in [1.54, 1.807) is 79.7 Å². The Bertz CT molecular complexity index is 1350. The van der Waals surface area contributed by atoms with Gasteiger partial charge in [-0.25, -0.2) is 8.42 Å². The molecule has 0 bridgehead atoms. The Hall–Kier alpha value is -3.36. The minimum atomic E-state index is -4.06. The second-order valence-corrected chi connectivity index (χ2v) is 12.1. The number of carbonyl (C=O) groups is 2. The molecule has 1 aliphatic carbocycles. The maximum Gasteiger partial charge on any atom is 0.264 e. The van der Waals surface area contributed by atoms with E-state index in [-0.39, 0.29) is 23.4 Å². The monoisotopic (exact) mass is 567 g/mol. The van der Waals surface area contributed by atoms with E-state index < -0.39 is 28.5 Å². The predicted octanol–water partition coefficient (Wildman–Crippen LogP) is 5.40. The van der Waals surface area contributed by atoms with Crippen molar-refractivity contribution in [3.8, 4) is 0 Å². The van der Waals surface area contributed by atoms with Crippen molar-refractivity contribution in [2.75, 3.05) is 10.8 Å². The zero-order valence-corrected chi connectivity index (χ0v) is 23.6. The van der Waals surface area contributed by atoms with E-state index in [0.29, 0.717) is 10.7 Å². The number of rotatable bonds is 10. The highest BCUT2D eigenvalue weighted by Crippen LogP contribution is 2.25. The number of nitrogens with one attached hydrogen (secondary N) is 1. The first-order valence-electron chi connectivity index (χ1n) is 13.2. The van der Waals surface area contributed by atoms with E-state index in [9.17, 15) is 18.0 Å². The number of carbonyl (C=O) groups excluding carboxylic acids is 2. The summed E-state index contributed by atoms with van der Waals surface area (Å²) in [4.78, 5) is 28.8. The maximum atomic E-state index is 13.9. The minimum Gasteiger partial charge on any atom is -0.352 e. The molecule has 0 radical (unpaired) electrons. The minimum absolute atomic E-state index is 0.0778. The first-order valence-corrected chi connectivity index (χ1v) is 15.0. The molecule has 3 aromatic carbocycles. The van der Waals surface area contributed by atoms with Gasteiger partial charge in [0.25, 0.3) is 10.0 Å². The van der Waals surface area contributed by atoms with Gasteiger partial charge >= 0.3 is 0 Å². The van der Waals surface area contributed by atoms with Crippen molar-refractivity contribution in [1.29, 1.82) is 0 Å². The van der Waals surface area contributed by atoms with Gasteiger partial charge in [-0.05, 0) is 61.7 Å². The van der Waals surface area contributed by atoms with Gasteiger partial charge in [-0.2, -0.15) is 0 Å². The largest absolute Gasteiger partial charge is 0.352 e. The van der Waals surface area contributed by atoms with Crippen LogP contribution in [0.25, 0.3) is 0 Å². The van der Waals surface area contributed by atoms with Crippen LogP contribution in [0.4, 0.5) is 5.69 Å². The lowest BCUT2D eigenvalue weighted by molar-refractivity contribution is -0.139. The predicted molar refractivity (Wildman–Crippen MR) is 154 cm³/mol. The van der Waals surface area contributed by atoms with Crippen molar-refractivity contribution in [3.63, 3.8) is 0 Å². The first kappa shape index (κ1) is 28.6. The van der Waals surface area contributed by atoms with Gasteiger partial charge in [0, 0.05) is 17.6 Å². The summed E-state index contributed by atoms with van der Waals surface area (Å²) in [5.41, 5.74) is 1.14. The summed E-state index contributed by atoms with van der Waals surface area (Å²) in [6.45, 7) is 1.35. The van der Waals surface area contributed by atoms with Gasteiger partial charge in [0.05, 0.1) is 10.6 Å². The van der Waals surface area contributed by atoms with Crippen molar-refractivity contribution in [2.24, 2.45) is 0 Å². The summed E-state index contributed by atoms with van der Waals surface area (Å²) in [7, 11) is -4.06. The fourth-order valence-corrected chi connectivity index (χ4v) is 6.34. The van der Waals surface area contributed by atoms with E-state index >= 15 is 0 Å². The standard InChI is InChI=1S/C30H34ClN3O4S/c1-23(30(36)32-26-11-5-2-6-12-26)33(21-24-17-19-25(31)20-18-24)29(35)22-34(27-13-7-3-8-14-27)39(37,38)28-15-9-4-10-16-28/h3-4,7-10,13-20,23,26H,2,5-6,11-12,21-22H2,1H3,(H,32,36). The van der Waals surface area contributed by atoms with E-state index in [0.717, 1.165) is 42.0 Å². The van der Waals surface area contributed by atoms with Crippen LogP contribution in [0.15, 0.2) is 89.8 Å². The highest BCUT2D eigenvalue weighted by molar-refractivity contribution is 7.92. The molecule has 1 unspecified atom stereocenters. The molecule has 1 fully saturated rings. The Labute approximate surface area is 235 Å². The molecule has 0 heterocycles. The molecular weight excluding hydrogens is 534 g/mol. The molecule has 9 heteroatoms. The van der Waals surface area contributed by atoms with E-state index in [1.165, 1.54) is 17.0 Å². The molecule has 7 nitrogen and oxygen atoms in total. The Morgan fingerprint density at radius 3 is 2.10 bits per heavy atom. The van der Waals surface area contributed by atoms with Crippen molar-refractivity contribution >= 4 is 39.1 Å². The third-order valence-corrected chi connectivity index (χ3v) is 9.08. The van der Waals surface area contributed by atoms with Crippen molar-refractivity contribution in [3.05, 3.63) is 95.5 Å². The fourth-order valence-electron chi connectivity index (χ4n) is 4.78. The van der Waals surface area contributed by atoms with Crippen LogP contribution >= 0.6 is 11.6 Å². The summed E-state index contributed by atoms with van der Waals surface area (Å²) >= 11 is 6.06. The van der Waals surface area contributed by atoms with Gasteiger partial charge in [0.2, 0.25) is 11.8 Å². The summed E-state index contributed by atoms with van der Waals surface area (Å²) in [6.07, 6.45) is 5.13. The first-order chi connectivity index (χ1) is 18.8. The molecule has 4 rings (SSSR count). The lowest BCUT2D eigenvalue weighted by Gasteiger charge is -2.33. The van der Waals surface area contributed by atoms with Crippen LogP contribution in [0.5, 0.6) is 0 Å². The molecule has 39 heavy (non-hydrogen) atoms. The number of para-hydroxylation sites is 1. The molecule has 0 aliphatic heterocycles. The van der Waals surface area contributed by atoms with Gasteiger partial charge in [0.1, 0.15) is 12.6 Å². The van der Waals surface area contributed by atoms with Gasteiger partial charge < -0.3 is 10.2 Å². The number of hydrogen-bond acceptors (Lipinski definition) is 4. The van der Waals surface area contributed by atoms with Crippen LogP contribution in [-0.2, 0) is 26.2 Å². The third-order valence-electron chi connectivity index (χ3n) is 7.04. The zero-order chi connectivity index (χ0) is 27.8. The Kier molecular flexibility index (Phi) is 9.64. The second-order valence-electron chi connectivity index (χ2n) is 9.83. The van der Waals surface area contributed by atoms with Crippen molar-refractivity contribution < 1.29 is 18.0 Å². The summed E-state index contributed by atoms with van der Waals surface area (Å²) in [6, 6.07) is 22.9. The number of benzene rings is 3. The molecule has 0 aromatic heterocycles. The summed E-state index contributed by atoms with van der Waals surface area (Å²) in [5, 5.41) is 3.66. The van der Waals surface area contributed by atoms with E-state index in [1.807, 2.05) is 0 Å². The lowest BCUT2D eigenvalue weighted by Crippen LogP contribution is -2.53. The molecule has 3 aromatic rings. The number of anilines is 1. The topological polar surface area (TPSA) is 86.8 Å². The molecule has 0 spiro atoms. The van der Waals surface area contributed by atoms with Gasteiger partial charge in [-0.15, -0.1) is 0 Å². The van der Waals surface area contributed by atoms with E-state index in [2.05, 4.69) is 5.32 Å². The maximum absolute atomic E-state index is 13.9.